The van der Waals surface area contributed by atoms with E-state index in [0.717, 1.165) is 32.1 Å². The number of hydrogen-bond donors (Lipinski definition) is 1. The van der Waals surface area contributed by atoms with Gasteiger partial charge in [-0.3, -0.25) is 4.79 Å². The van der Waals surface area contributed by atoms with Crippen molar-refractivity contribution in [2.75, 3.05) is 5.32 Å². The number of rotatable bonds is 5. The van der Waals surface area contributed by atoms with Gasteiger partial charge in [-0.05, 0) is 60.5 Å². The zero-order valence-corrected chi connectivity index (χ0v) is 19.6. The lowest BCUT2D eigenvalue weighted by molar-refractivity contribution is -0.112. The molecule has 32 heavy (non-hydrogen) atoms. The molecule has 1 heterocycles. The molecule has 4 nitrogen and oxygen atoms in total. The Hall–Kier alpha value is -3.33. The highest BCUT2D eigenvalue weighted by atomic mass is 79.9. The summed E-state index contributed by atoms with van der Waals surface area (Å²) >= 11 is 9.46. The van der Waals surface area contributed by atoms with Crippen LogP contribution in [0.25, 0.3) is 17.0 Å². The van der Waals surface area contributed by atoms with Crippen LogP contribution in [0.15, 0.2) is 83.0 Å². The molecule has 0 spiro atoms. The molecular formula is C26H19BrClN3O. The van der Waals surface area contributed by atoms with Crippen LogP contribution in [0.5, 0.6) is 0 Å². The summed E-state index contributed by atoms with van der Waals surface area (Å²) in [5.74, 6) is -0.456. The van der Waals surface area contributed by atoms with Crippen LogP contribution in [-0.4, -0.2) is 10.5 Å². The fraction of sp³-hybridized carbons (Fsp3) is 0.0769. The number of anilines is 1. The van der Waals surface area contributed by atoms with E-state index in [9.17, 15) is 10.1 Å². The van der Waals surface area contributed by atoms with Crippen LogP contribution in [0.3, 0.4) is 0 Å². The van der Waals surface area contributed by atoms with Crippen molar-refractivity contribution in [2.24, 2.45) is 0 Å². The SMILES string of the molecule is Cc1cc(Cl)ccc1NC(=O)/C(C#N)=C/c1cn(Cc2ccc(Br)cc2)c2ccccc12. The second-order valence-corrected chi connectivity index (χ2v) is 8.79. The van der Waals surface area contributed by atoms with Crippen LogP contribution in [0.1, 0.15) is 16.7 Å². The number of carbonyl (C=O) groups excluding carboxylic acids is 1. The summed E-state index contributed by atoms with van der Waals surface area (Å²) in [6.45, 7) is 2.53. The fourth-order valence-corrected chi connectivity index (χ4v) is 4.06. The van der Waals surface area contributed by atoms with Crippen LogP contribution in [0.2, 0.25) is 5.02 Å². The van der Waals surface area contributed by atoms with Crippen molar-refractivity contribution in [1.82, 2.24) is 4.57 Å². The number of nitriles is 1. The van der Waals surface area contributed by atoms with Crippen molar-refractivity contribution in [1.29, 1.82) is 5.26 Å². The van der Waals surface area contributed by atoms with Gasteiger partial charge in [-0.15, -0.1) is 0 Å². The largest absolute Gasteiger partial charge is 0.342 e. The van der Waals surface area contributed by atoms with Gasteiger partial charge in [0.2, 0.25) is 0 Å². The summed E-state index contributed by atoms with van der Waals surface area (Å²) < 4.78 is 3.16. The van der Waals surface area contributed by atoms with Gasteiger partial charge in [0.15, 0.2) is 0 Å². The number of aromatic nitrogens is 1. The van der Waals surface area contributed by atoms with Crippen LogP contribution in [0, 0.1) is 18.3 Å². The molecule has 0 saturated heterocycles. The smallest absolute Gasteiger partial charge is 0.266 e. The molecule has 158 valence electrons. The highest BCUT2D eigenvalue weighted by molar-refractivity contribution is 9.10. The number of para-hydroxylation sites is 1. The van der Waals surface area contributed by atoms with Gasteiger partial charge in [0.05, 0.1) is 0 Å². The molecule has 0 aliphatic carbocycles. The van der Waals surface area contributed by atoms with Crippen molar-refractivity contribution >= 4 is 56.1 Å². The van der Waals surface area contributed by atoms with Gasteiger partial charge in [0, 0.05) is 44.4 Å². The highest BCUT2D eigenvalue weighted by Gasteiger charge is 2.14. The van der Waals surface area contributed by atoms with E-state index in [-0.39, 0.29) is 5.57 Å². The van der Waals surface area contributed by atoms with E-state index in [4.69, 9.17) is 11.6 Å². The van der Waals surface area contributed by atoms with E-state index < -0.39 is 5.91 Å². The topological polar surface area (TPSA) is 57.8 Å². The van der Waals surface area contributed by atoms with Crippen molar-refractivity contribution in [3.8, 4) is 6.07 Å². The van der Waals surface area contributed by atoms with Gasteiger partial charge in [-0.1, -0.05) is 57.9 Å². The summed E-state index contributed by atoms with van der Waals surface area (Å²) in [6, 6.07) is 23.4. The molecule has 1 aromatic heterocycles. The van der Waals surface area contributed by atoms with E-state index >= 15 is 0 Å². The number of benzene rings is 3. The predicted molar refractivity (Wildman–Crippen MR) is 134 cm³/mol. The van der Waals surface area contributed by atoms with Crippen molar-refractivity contribution < 1.29 is 4.79 Å². The number of nitrogens with zero attached hydrogens (tertiary/aromatic N) is 2. The minimum atomic E-state index is -0.456. The normalized spacial score (nSPS) is 11.4. The Morgan fingerprint density at radius 3 is 2.62 bits per heavy atom. The monoisotopic (exact) mass is 503 g/mol. The van der Waals surface area contributed by atoms with Gasteiger partial charge in [0.1, 0.15) is 11.6 Å². The van der Waals surface area contributed by atoms with Crippen LogP contribution < -0.4 is 5.32 Å². The maximum absolute atomic E-state index is 12.8. The predicted octanol–water partition coefficient (Wildman–Crippen LogP) is 6.96. The van der Waals surface area contributed by atoms with Gasteiger partial charge in [0.25, 0.3) is 5.91 Å². The molecule has 1 amide bonds. The molecule has 0 saturated carbocycles. The summed E-state index contributed by atoms with van der Waals surface area (Å²) in [6.07, 6.45) is 3.62. The molecule has 0 bridgehead atoms. The number of amides is 1. The Labute approximate surface area is 199 Å². The molecular weight excluding hydrogens is 486 g/mol. The second kappa shape index (κ2) is 9.44. The Bertz CT molecular complexity index is 1380. The molecule has 0 aliphatic heterocycles. The lowest BCUT2D eigenvalue weighted by atomic mass is 10.1. The number of hydrogen-bond acceptors (Lipinski definition) is 2. The third-order valence-corrected chi connectivity index (χ3v) is 5.95. The molecule has 6 heteroatoms. The first-order chi connectivity index (χ1) is 15.4. The molecule has 0 fully saturated rings. The van der Waals surface area contributed by atoms with Crippen LogP contribution >= 0.6 is 27.5 Å². The second-order valence-electron chi connectivity index (χ2n) is 7.44. The average Bonchev–Trinajstić information content (AvgIpc) is 3.12. The third-order valence-electron chi connectivity index (χ3n) is 5.19. The molecule has 1 N–H and O–H groups in total. The Morgan fingerprint density at radius 2 is 1.91 bits per heavy atom. The lowest BCUT2D eigenvalue weighted by Gasteiger charge is -2.08. The Kier molecular flexibility index (Phi) is 6.45. The maximum atomic E-state index is 12.8. The zero-order valence-electron chi connectivity index (χ0n) is 17.3. The van der Waals surface area contributed by atoms with Crippen LogP contribution in [0.4, 0.5) is 5.69 Å². The van der Waals surface area contributed by atoms with Crippen molar-refractivity contribution in [3.05, 3.63) is 105 Å². The molecule has 3 aromatic carbocycles. The number of aryl methyl sites for hydroxylation is 1. The highest BCUT2D eigenvalue weighted by Crippen LogP contribution is 2.26. The van der Waals surface area contributed by atoms with E-state index in [1.807, 2.05) is 55.6 Å². The minimum absolute atomic E-state index is 0.0332. The fourth-order valence-electron chi connectivity index (χ4n) is 3.57. The Balaban J connectivity index is 1.67. The van der Waals surface area contributed by atoms with Crippen molar-refractivity contribution in [2.45, 2.75) is 13.5 Å². The molecule has 0 aliphatic rings. The summed E-state index contributed by atoms with van der Waals surface area (Å²) in [4.78, 5) is 12.8. The molecule has 0 atom stereocenters. The standard InChI is InChI=1S/C26H19BrClN3O/c1-17-12-22(28)10-11-24(17)30-26(32)19(14-29)13-20-16-31(25-5-3-2-4-23(20)25)15-18-6-8-21(27)9-7-18/h2-13,16H,15H2,1H3,(H,30,32)/b19-13+. The zero-order chi connectivity index (χ0) is 22.7. The minimum Gasteiger partial charge on any atom is -0.342 e. The first-order valence-corrected chi connectivity index (χ1v) is 11.1. The van der Waals surface area contributed by atoms with E-state index in [1.54, 1.807) is 24.3 Å². The number of halogens is 2. The number of nitrogens with one attached hydrogen (secondary N) is 1. The number of carbonyl (C=O) groups is 1. The van der Waals surface area contributed by atoms with Gasteiger partial charge in [-0.25, -0.2) is 0 Å². The molecule has 0 radical (unpaired) electrons. The summed E-state index contributed by atoms with van der Waals surface area (Å²) in [5, 5.41) is 14.1. The van der Waals surface area contributed by atoms with Crippen LogP contribution in [-0.2, 0) is 11.3 Å². The molecule has 4 aromatic rings. The lowest BCUT2D eigenvalue weighted by Crippen LogP contribution is -2.14. The average molecular weight is 505 g/mol. The third kappa shape index (κ3) is 4.77. The van der Waals surface area contributed by atoms with Gasteiger partial charge >= 0.3 is 0 Å². The summed E-state index contributed by atoms with van der Waals surface area (Å²) in [5.41, 5.74) is 4.49. The Morgan fingerprint density at radius 1 is 1.16 bits per heavy atom. The van der Waals surface area contributed by atoms with E-state index in [1.165, 1.54) is 0 Å². The van der Waals surface area contributed by atoms with E-state index in [0.29, 0.717) is 17.3 Å². The van der Waals surface area contributed by atoms with Crippen molar-refractivity contribution in [3.63, 3.8) is 0 Å². The molecule has 0 unspecified atom stereocenters. The quantitative estimate of drug-likeness (QED) is 0.236. The first-order valence-electron chi connectivity index (χ1n) is 9.96. The molecule has 4 rings (SSSR count). The van der Waals surface area contributed by atoms with Gasteiger partial charge < -0.3 is 9.88 Å². The first kappa shape index (κ1) is 21.9. The summed E-state index contributed by atoms with van der Waals surface area (Å²) in [7, 11) is 0. The van der Waals surface area contributed by atoms with Gasteiger partial charge in [-0.2, -0.15) is 5.26 Å². The number of fused-ring (bicyclic) bond motifs is 1. The van der Waals surface area contributed by atoms with E-state index in [2.05, 4.69) is 37.9 Å². The maximum Gasteiger partial charge on any atom is 0.266 e.